The molecule has 21 heavy (non-hydrogen) atoms. The fourth-order valence-electron chi connectivity index (χ4n) is 2.46. The molecule has 1 saturated heterocycles. The monoisotopic (exact) mass is 312 g/mol. The zero-order chi connectivity index (χ0) is 15.8. The highest BCUT2D eigenvalue weighted by atomic mass is 32.2. The van der Waals surface area contributed by atoms with Gasteiger partial charge in [-0.15, -0.1) is 0 Å². The molecular formula is C13H16N2O5S. The highest BCUT2D eigenvalue weighted by Crippen LogP contribution is 2.24. The van der Waals surface area contributed by atoms with Crippen LogP contribution in [0, 0.1) is 17.0 Å². The third-order valence-corrected chi connectivity index (χ3v) is 5.48. The molecule has 1 aliphatic heterocycles. The molecule has 0 aliphatic carbocycles. The molecule has 1 heterocycles. The molecule has 0 radical (unpaired) electrons. The number of carbonyl (C=O) groups is 1. The van der Waals surface area contributed by atoms with E-state index < -0.39 is 26.2 Å². The van der Waals surface area contributed by atoms with Crippen molar-refractivity contribution in [2.24, 2.45) is 0 Å². The number of aryl methyl sites for hydroxylation is 1. The van der Waals surface area contributed by atoms with Crippen molar-refractivity contribution in [2.75, 3.05) is 11.5 Å². The Bertz CT molecular complexity index is 713. The number of nitrogens with one attached hydrogen (secondary N) is 1. The van der Waals surface area contributed by atoms with Crippen LogP contribution in [-0.4, -0.2) is 36.3 Å². The number of amides is 1. The first-order valence-corrected chi connectivity index (χ1v) is 8.22. The number of benzene rings is 1. The minimum atomic E-state index is -3.11. The van der Waals surface area contributed by atoms with E-state index in [2.05, 4.69) is 5.32 Å². The Morgan fingerprint density at radius 1 is 1.43 bits per heavy atom. The number of nitrogens with zero attached hydrogens (tertiary/aromatic N) is 1. The van der Waals surface area contributed by atoms with E-state index in [1.54, 1.807) is 13.8 Å². The minimum absolute atomic E-state index is 0.0544. The lowest BCUT2D eigenvalue weighted by atomic mass is 10.0. The Hall–Kier alpha value is -1.96. The first-order valence-electron chi connectivity index (χ1n) is 6.40. The molecule has 0 spiro atoms. The molecule has 1 aliphatic rings. The van der Waals surface area contributed by atoms with Gasteiger partial charge in [-0.1, -0.05) is 0 Å². The highest BCUT2D eigenvalue weighted by Gasteiger charge is 2.39. The van der Waals surface area contributed by atoms with E-state index in [-0.39, 0.29) is 22.8 Å². The van der Waals surface area contributed by atoms with Gasteiger partial charge in [0, 0.05) is 17.2 Å². The van der Waals surface area contributed by atoms with Gasteiger partial charge in [0.05, 0.1) is 22.0 Å². The van der Waals surface area contributed by atoms with Crippen molar-refractivity contribution in [3.05, 3.63) is 39.4 Å². The summed E-state index contributed by atoms with van der Waals surface area (Å²) in [4.78, 5) is 22.4. The van der Waals surface area contributed by atoms with Crippen molar-refractivity contribution >= 4 is 21.4 Å². The fraction of sp³-hybridized carbons (Fsp3) is 0.462. The molecule has 2 rings (SSSR count). The molecule has 0 unspecified atom stereocenters. The number of carbonyl (C=O) groups excluding carboxylic acids is 1. The summed E-state index contributed by atoms with van der Waals surface area (Å²) in [5, 5.41) is 13.5. The fourth-order valence-corrected chi connectivity index (χ4v) is 4.55. The van der Waals surface area contributed by atoms with Crippen LogP contribution in [0.15, 0.2) is 18.2 Å². The van der Waals surface area contributed by atoms with Gasteiger partial charge >= 0.3 is 0 Å². The highest BCUT2D eigenvalue weighted by molar-refractivity contribution is 7.91. The van der Waals surface area contributed by atoms with Crippen LogP contribution in [-0.2, 0) is 9.84 Å². The lowest BCUT2D eigenvalue weighted by molar-refractivity contribution is -0.385. The van der Waals surface area contributed by atoms with Crippen LogP contribution in [0.3, 0.4) is 0 Å². The molecular weight excluding hydrogens is 296 g/mol. The van der Waals surface area contributed by atoms with Crippen LogP contribution in [0.2, 0.25) is 0 Å². The zero-order valence-corrected chi connectivity index (χ0v) is 12.6. The van der Waals surface area contributed by atoms with Crippen LogP contribution in [0.1, 0.15) is 29.3 Å². The predicted octanol–water partition coefficient (Wildman–Crippen LogP) is 1.21. The third kappa shape index (κ3) is 3.38. The molecule has 7 nitrogen and oxygen atoms in total. The number of hydrogen-bond donors (Lipinski definition) is 1. The van der Waals surface area contributed by atoms with E-state index in [1.807, 2.05) is 0 Å². The second-order valence-corrected chi connectivity index (χ2v) is 7.80. The summed E-state index contributed by atoms with van der Waals surface area (Å²) in [7, 11) is -3.11. The van der Waals surface area contributed by atoms with Crippen molar-refractivity contribution in [3.63, 3.8) is 0 Å². The summed E-state index contributed by atoms with van der Waals surface area (Å²) in [6.45, 7) is 3.24. The second-order valence-electron chi connectivity index (χ2n) is 5.62. The van der Waals surface area contributed by atoms with Crippen molar-refractivity contribution < 1.29 is 18.1 Å². The average molecular weight is 312 g/mol. The summed E-state index contributed by atoms with van der Waals surface area (Å²) >= 11 is 0. The Kier molecular flexibility index (Phi) is 3.75. The molecule has 8 heteroatoms. The Balaban J connectivity index is 2.18. The molecule has 1 aromatic rings. The van der Waals surface area contributed by atoms with Gasteiger partial charge in [-0.2, -0.15) is 0 Å². The predicted molar refractivity (Wildman–Crippen MR) is 77.0 cm³/mol. The van der Waals surface area contributed by atoms with E-state index in [9.17, 15) is 23.3 Å². The van der Waals surface area contributed by atoms with Gasteiger partial charge in [0.2, 0.25) is 0 Å². The summed E-state index contributed by atoms with van der Waals surface area (Å²) in [6, 6.07) is 4.07. The lowest BCUT2D eigenvalue weighted by Crippen LogP contribution is -2.46. The first kappa shape index (κ1) is 15.4. The van der Waals surface area contributed by atoms with Gasteiger partial charge < -0.3 is 5.32 Å². The molecule has 1 aromatic carbocycles. The summed E-state index contributed by atoms with van der Waals surface area (Å²) in [6.07, 6.45) is 0.368. The van der Waals surface area contributed by atoms with E-state index in [0.29, 0.717) is 12.0 Å². The van der Waals surface area contributed by atoms with Gasteiger partial charge in [-0.25, -0.2) is 8.42 Å². The van der Waals surface area contributed by atoms with Crippen molar-refractivity contribution in [1.82, 2.24) is 5.32 Å². The van der Waals surface area contributed by atoms with Crippen LogP contribution >= 0.6 is 0 Å². The molecule has 114 valence electrons. The lowest BCUT2D eigenvalue weighted by Gasteiger charge is -2.23. The number of nitro groups is 1. The van der Waals surface area contributed by atoms with Crippen molar-refractivity contribution in [3.8, 4) is 0 Å². The molecule has 1 atom stereocenters. The van der Waals surface area contributed by atoms with Crippen LogP contribution in [0.4, 0.5) is 5.69 Å². The van der Waals surface area contributed by atoms with E-state index in [4.69, 9.17) is 0 Å². The van der Waals surface area contributed by atoms with Gasteiger partial charge in [0.15, 0.2) is 9.84 Å². The third-order valence-electron chi connectivity index (χ3n) is 3.57. The topological polar surface area (TPSA) is 106 Å². The maximum Gasteiger partial charge on any atom is 0.272 e. The van der Waals surface area contributed by atoms with Crippen molar-refractivity contribution in [1.29, 1.82) is 0 Å². The van der Waals surface area contributed by atoms with E-state index >= 15 is 0 Å². The second kappa shape index (κ2) is 5.10. The number of sulfone groups is 1. The quantitative estimate of drug-likeness (QED) is 0.667. The smallest absolute Gasteiger partial charge is 0.272 e. The summed E-state index contributed by atoms with van der Waals surface area (Å²) in [5.74, 6) is -0.451. The molecule has 0 bridgehead atoms. The average Bonchev–Trinajstić information content (AvgIpc) is 2.62. The number of rotatable bonds is 3. The van der Waals surface area contributed by atoms with Crippen LogP contribution in [0.5, 0.6) is 0 Å². The maximum absolute atomic E-state index is 12.2. The van der Waals surface area contributed by atoms with Crippen LogP contribution < -0.4 is 5.32 Å². The molecule has 0 aromatic heterocycles. The zero-order valence-electron chi connectivity index (χ0n) is 11.8. The maximum atomic E-state index is 12.2. The Morgan fingerprint density at radius 3 is 2.57 bits per heavy atom. The molecule has 1 amide bonds. The van der Waals surface area contributed by atoms with Gasteiger partial charge in [-0.3, -0.25) is 14.9 Å². The summed E-state index contributed by atoms with van der Waals surface area (Å²) < 4.78 is 23.0. The molecule has 0 saturated carbocycles. The standard InChI is InChI=1S/C13H16N2O5S/c1-9-7-10(3-4-11(9)15(17)18)12(16)14-13(2)5-6-21(19,20)8-13/h3-4,7H,5-6,8H2,1-2H3,(H,14,16)/t13-/m1/s1. The normalized spacial score (nSPS) is 23.7. The number of nitro benzene ring substituents is 1. The van der Waals surface area contributed by atoms with Crippen LogP contribution in [0.25, 0.3) is 0 Å². The molecule has 1 fully saturated rings. The largest absolute Gasteiger partial charge is 0.346 e. The van der Waals surface area contributed by atoms with Crippen molar-refractivity contribution in [2.45, 2.75) is 25.8 Å². The summed E-state index contributed by atoms with van der Waals surface area (Å²) in [5.41, 5.74) is -0.173. The minimum Gasteiger partial charge on any atom is -0.346 e. The van der Waals surface area contributed by atoms with Gasteiger partial charge in [0.25, 0.3) is 11.6 Å². The van der Waals surface area contributed by atoms with Gasteiger partial charge in [0.1, 0.15) is 0 Å². The SMILES string of the molecule is Cc1cc(C(=O)N[C@]2(C)CCS(=O)(=O)C2)ccc1[N+](=O)[O-]. The van der Waals surface area contributed by atoms with Gasteiger partial charge in [-0.05, 0) is 32.4 Å². The first-order chi connectivity index (χ1) is 9.62. The Morgan fingerprint density at radius 2 is 2.10 bits per heavy atom. The van der Waals surface area contributed by atoms with E-state index in [0.717, 1.165) is 0 Å². The molecule has 1 N–H and O–H groups in total. The van der Waals surface area contributed by atoms with E-state index in [1.165, 1.54) is 18.2 Å². The number of hydrogen-bond acceptors (Lipinski definition) is 5. The Labute approximate surface area is 122 Å².